The number of allylic oxidation sites excluding steroid dienone is 7. The van der Waals surface area contributed by atoms with Crippen LogP contribution in [0.5, 0.6) is 0 Å². The molecule has 0 aromatic heterocycles. The minimum atomic E-state index is -2.07. The number of aliphatic hydroxyl groups excluding tert-OH is 2. The van der Waals surface area contributed by atoms with Gasteiger partial charge in [0, 0.05) is 4.11 Å². The van der Waals surface area contributed by atoms with Crippen molar-refractivity contribution in [2.45, 2.75) is 118 Å². The molecule has 0 heterocycles. The number of carbonyl (C=O) groups excluding carboxylic acids is 4. The zero-order valence-corrected chi connectivity index (χ0v) is 31.7. The van der Waals surface area contributed by atoms with Gasteiger partial charge in [-0.15, -0.1) is 0 Å². The van der Waals surface area contributed by atoms with Gasteiger partial charge in [0.05, 0.1) is 39.1 Å². The second-order valence-corrected chi connectivity index (χ2v) is 12.9. The van der Waals surface area contributed by atoms with Gasteiger partial charge >= 0.3 is 0 Å². The van der Waals surface area contributed by atoms with E-state index in [1.807, 2.05) is 60.4 Å². The van der Waals surface area contributed by atoms with E-state index in [0.717, 1.165) is 18.6 Å². The van der Waals surface area contributed by atoms with Gasteiger partial charge in [-0.05, 0) is 84.9 Å². The SMILES string of the molecule is CC(C)[C@@H](N)C=O.CC(C)[C@@H](N)C=O.[2H-].[2H-].[2H]C([2H])([2H])C=CC=CC[C@@H](C)[C@@H](O)[C@@H](C(C)=O)N(C)C.[2H]C([2H])=CC=CC[C@@H](C)C(O)[C@@H](C(C)=O)N(C)CC. The maximum absolute atomic E-state index is 11.6. The van der Waals surface area contributed by atoms with Crippen LogP contribution in [0.3, 0.4) is 0 Å². The van der Waals surface area contributed by atoms with Crippen molar-refractivity contribution in [1.29, 1.82) is 0 Å². The van der Waals surface area contributed by atoms with E-state index in [1.54, 1.807) is 43.3 Å². The molecule has 1 unspecified atom stereocenters. The molecule has 48 heavy (non-hydrogen) atoms. The average molecular weight is 690 g/mol. The summed E-state index contributed by atoms with van der Waals surface area (Å²) in [6.07, 6.45) is 12.1. The highest BCUT2D eigenvalue weighted by Gasteiger charge is 2.31. The largest absolute Gasteiger partial charge is 1.00 e. The Morgan fingerprint density at radius 3 is 1.52 bits per heavy atom. The molecule has 0 saturated heterocycles. The molecule has 0 fully saturated rings. The van der Waals surface area contributed by atoms with E-state index in [1.165, 1.54) is 26.0 Å². The first-order valence-electron chi connectivity index (χ1n) is 19.0. The summed E-state index contributed by atoms with van der Waals surface area (Å²) in [4.78, 5) is 46.4. The number of nitrogens with two attached hydrogens (primary N) is 2. The Hall–Kier alpha value is -2.60. The predicted molar refractivity (Wildman–Crippen MR) is 204 cm³/mol. The van der Waals surface area contributed by atoms with E-state index in [2.05, 4.69) is 0 Å². The number of likely N-dealkylation sites (N-methyl/N-ethyl adjacent to an activating group) is 2. The second-order valence-electron chi connectivity index (χ2n) is 12.9. The van der Waals surface area contributed by atoms with Crippen LogP contribution in [0.2, 0.25) is 0 Å². The highest BCUT2D eigenvalue weighted by atomic mass is 16.3. The van der Waals surface area contributed by atoms with Gasteiger partial charge in [-0.2, -0.15) is 0 Å². The number of nitrogens with zero attached hydrogens (tertiary/aromatic N) is 2. The topological polar surface area (TPSA) is 167 Å². The Balaban J connectivity index is -0.000000158. The maximum atomic E-state index is 11.6. The van der Waals surface area contributed by atoms with Crippen LogP contribution in [-0.4, -0.2) is 108 Å². The Morgan fingerprint density at radius 1 is 0.812 bits per heavy atom. The van der Waals surface area contributed by atoms with E-state index in [9.17, 15) is 29.4 Å². The zero-order chi connectivity index (χ0) is 42.6. The number of aldehydes is 2. The van der Waals surface area contributed by atoms with Crippen LogP contribution in [-0.2, 0) is 19.2 Å². The minimum absolute atomic E-state index is 0. The third kappa shape index (κ3) is 26.4. The smallest absolute Gasteiger partial charge is 0.149 e. The van der Waals surface area contributed by atoms with Crippen molar-refractivity contribution in [3.8, 4) is 0 Å². The third-order valence-electron chi connectivity index (χ3n) is 7.62. The molecule has 6 N–H and O–H groups in total. The summed E-state index contributed by atoms with van der Waals surface area (Å²) in [5.41, 5.74) is 10.5. The molecule has 10 heteroatoms. The van der Waals surface area contributed by atoms with Crippen LogP contribution in [0, 0.1) is 23.7 Å². The third-order valence-corrected chi connectivity index (χ3v) is 7.62. The van der Waals surface area contributed by atoms with Gasteiger partial charge in [-0.3, -0.25) is 19.4 Å². The van der Waals surface area contributed by atoms with E-state index in [-0.39, 0.29) is 56.7 Å². The lowest BCUT2D eigenvalue weighted by Gasteiger charge is -2.32. The molecule has 10 nitrogen and oxygen atoms in total. The maximum Gasteiger partial charge on any atom is 0.149 e. The van der Waals surface area contributed by atoms with Crippen molar-refractivity contribution in [2.75, 3.05) is 27.7 Å². The van der Waals surface area contributed by atoms with Crippen LogP contribution in [0.4, 0.5) is 0 Å². The summed E-state index contributed by atoms with van der Waals surface area (Å²) >= 11 is 0. The first kappa shape index (κ1) is 41.6. The van der Waals surface area contributed by atoms with Crippen LogP contribution in [0.25, 0.3) is 0 Å². The normalized spacial score (nSPS) is 18.2. The first-order chi connectivity index (χ1) is 24.2. The molecular formula is C38H74N4O6-2. The molecule has 0 aromatic carbocycles. The van der Waals surface area contributed by atoms with Gasteiger partial charge in [0.1, 0.15) is 24.1 Å². The lowest BCUT2D eigenvalue weighted by molar-refractivity contribution is -0.127. The number of rotatable bonds is 19. The summed E-state index contributed by atoms with van der Waals surface area (Å²) in [6, 6.07) is -1.55. The quantitative estimate of drug-likeness (QED) is 0.111. The number of Topliss-reactive ketones (excluding diaryl/α,β-unsaturated/α-hetero) is 2. The van der Waals surface area contributed by atoms with Gasteiger partial charge in [0.25, 0.3) is 0 Å². The fraction of sp³-hybridized carbons (Fsp3) is 0.684. The zero-order valence-electron chi connectivity index (χ0n) is 38.7. The van der Waals surface area contributed by atoms with E-state index in [4.69, 9.17) is 18.3 Å². The van der Waals surface area contributed by atoms with Crippen molar-refractivity contribution >= 4 is 24.1 Å². The van der Waals surface area contributed by atoms with E-state index < -0.39 is 31.1 Å². The Morgan fingerprint density at radius 2 is 1.23 bits per heavy atom. The molecule has 0 radical (unpaired) electrons. The van der Waals surface area contributed by atoms with Gasteiger partial charge < -0.3 is 34.1 Å². The van der Waals surface area contributed by atoms with Gasteiger partial charge in [0.2, 0.25) is 0 Å². The van der Waals surface area contributed by atoms with Gasteiger partial charge in [0.15, 0.2) is 0 Å². The van der Waals surface area contributed by atoms with Crippen molar-refractivity contribution in [3.63, 3.8) is 0 Å². The number of aliphatic hydroxyl groups is 2. The molecule has 0 aromatic rings. The summed E-state index contributed by atoms with van der Waals surface area (Å²) in [6.45, 7) is 14.7. The fourth-order valence-electron chi connectivity index (χ4n) is 3.92. The Bertz CT molecular complexity index is 1110. The molecule has 0 spiro atoms. The molecule has 0 aliphatic rings. The highest BCUT2D eigenvalue weighted by molar-refractivity contribution is 5.82. The molecule has 0 aliphatic carbocycles. The fourth-order valence-corrected chi connectivity index (χ4v) is 3.92. The van der Waals surface area contributed by atoms with E-state index in [0.29, 0.717) is 19.4 Å². The van der Waals surface area contributed by atoms with Crippen LogP contribution in [0.1, 0.15) is 91.7 Å². The lowest BCUT2D eigenvalue weighted by Crippen LogP contribution is -2.48. The molecule has 8 atom stereocenters. The molecule has 0 rings (SSSR count). The summed E-state index contributed by atoms with van der Waals surface area (Å²) < 4.78 is 34.9. The van der Waals surface area contributed by atoms with Gasteiger partial charge in [-0.25, -0.2) is 0 Å². The second kappa shape index (κ2) is 31.7. The molecule has 284 valence electrons. The standard InChI is InChI=1S/2C14H25NO2.2C5H11NO.2H/c1-6-7-8-9-10-11(2)14(17)13(12(3)16)15(4)5;1-6-8-9-10-11(3)14(17)13(12(4)16)15(5)7-2;2*1-4(2)5(6)3-7;;/h6-9,11,13-14,17H,10H2,1-5H3;6,8-9,11,13-14,17H,1,7,10H2,2-5H3;2*3-5H,6H2,1-2H3;;/q;;;;2*-1/t11-,13-,14-;11-,13-,14?;2*5-;;/m1100../s1/i1D3;1D2;;;2*1+1. The predicted octanol–water partition coefficient (Wildman–Crippen LogP) is 4.61. The monoisotopic (exact) mass is 690 g/mol. The van der Waals surface area contributed by atoms with Gasteiger partial charge in [-0.1, -0.05) is 97.5 Å². The summed E-state index contributed by atoms with van der Waals surface area (Å²) in [7, 11) is 5.35. The van der Waals surface area contributed by atoms with Crippen molar-refractivity contribution < 1.29 is 39.1 Å². The van der Waals surface area contributed by atoms with Crippen molar-refractivity contribution in [2.24, 2.45) is 35.1 Å². The number of ketones is 2. The number of hydrogen-bond donors (Lipinski definition) is 4. The molecular weight excluding hydrogens is 608 g/mol. The molecule has 0 aliphatic heterocycles. The summed E-state index contributed by atoms with van der Waals surface area (Å²) in [5.74, 6) is 0.291. The van der Waals surface area contributed by atoms with Crippen LogP contribution in [0.15, 0.2) is 49.1 Å². The Kier molecular flexibility index (Phi) is 27.4. The minimum Gasteiger partial charge on any atom is -1.00 e. The molecule has 0 saturated carbocycles. The van der Waals surface area contributed by atoms with Crippen LogP contribution >= 0.6 is 0 Å². The number of hydrogen-bond acceptors (Lipinski definition) is 10. The van der Waals surface area contributed by atoms with Crippen LogP contribution < -0.4 is 11.5 Å². The highest BCUT2D eigenvalue weighted by Crippen LogP contribution is 2.17. The first-order valence-corrected chi connectivity index (χ1v) is 16.5. The van der Waals surface area contributed by atoms with Crippen molar-refractivity contribution in [3.05, 3.63) is 49.1 Å². The number of carbonyl (C=O) groups is 4. The summed E-state index contributed by atoms with van der Waals surface area (Å²) in [5, 5.41) is 20.5. The van der Waals surface area contributed by atoms with E-state index >= 15 is 0 Å². The molecule has 0 amide bonds. The van der Waals surface area contributed by atoms with Crippen molar-refractivity contribution in [1.82, 2.24) is 9.80 Å². The Labute approximate surface area is 303 Å². The average Bonchev–Trinajstić information content (AvgIpc) is 3.04. The molecule has 0 bridgehead atoms. The lowest BCUT2D eigenvalue weighted by atomic mass is 9.92.